The summed E-state index contributed by atoms with van der Waals surface area (Å²) < 4.78 is 10.5. The minimum Gasteiger partial charge on any atom is -0.427 e. The summed E-state index contributed by atoms with van der Waals surface area (Å²) in [5.41, 5.74) is 1.66. The molecule has 0 radical (unpaired) electrons. The third kappa shape index (κ3) is 4.55. The number of carbonyl (C=O) groups is 2. The summed E-state index contributed by atoms with van der Waals surface area (Å²) in [6, 6.07) is 13.2. The zero-order valence-corrected chi connectivity index (χ0v) is 15.7. The van der Waals surface area contributed by atoms with E-state index in [0.717, 1.165) is 11.1 Å². The van der Waals surface area contributed by atoms with Crippen molar-refractivity contribution >= 4 is 25.2 Å². The lowest BCUT2D eigenvalue weighted by Crippen LogP contribution is -2.37. The van der Waals surface area contributed by atoms with E-state index < -0.39 is 20.0 Å². The Morgan fingerprint density at radius 2 is 1.54 bits per heavy atom. The standard InChI is InChI=1S/C19H22O4Si/c1-13(20)22-16-9-10-19(23-14(2)21)18(12-16)15-7-6-8-17(11-15)24(3,4)5/h6-12H,1-5H3. The van der Waals surface area contributed by atoms with Crippen molar-refractivity contribution in [1.82, 2.24) is 0 Å². The number of hydrogen-bond donors (Lipinski definition) is 0. The second kappa shape index (κ2) is 7.01. The van der Waals surface area contributed by atoms with Gasteiger partial charge in [0.15, 0.2) is 0 Å². The Morgan fingerprint density at radius 1 is 0.875 bits per heavy atom. The van der Waals surface area contributed by atoms with Gasteiger partial charge in [0.05, 0.1) is 8.07 Å². The van der Waals surface area contributed by atoms with Crippen molar-refractivity contribution in [3.8, 4) is 22.6 Å². The minimum atomic E-state index is -1.48. The first-order valence-electron chi connectivity index (χ1n) is 7.78. The molecule has 0 spiro atoms. The van der Waals surface area contributed by atoms with Crippen LogP contribution in [0.3, 0.4) is 0 Å². The van der Waals surface area contributed by atoms with Crippen LogP contribution in [0.5, 0.6) is 11.5 Å². The second-order valence-electron chi connectivity index (χ2n) is 6.68. The summed E-state index contributed by atoms with van der Waals surface area (Å²) in [4.78, 5) is 22.6. The highest BCUT2D eigenvalue weighted by Gasteiger charge is 2.18. The average molecular weight is 342 g/mol. The monoisotopic (exact) mass is 342 g/mol. The average Bonchev–Trinajstić information content (AvgIpc) is 2.47. The van der Waals surface area contributed by atoms with E-state index in [4.69, 9.17) is 9.47 Å². The molecule has 0 aliphatic carbocycles. The van der Waals surface area contributed by atoms with E-state index in [1.165, 1.54) is 19.0 Å². The van der Waals surface area contributed by atoms with Crippen molar-refractivity contribution in [2.45, 2.75) is 33.5 Å². The largest absolute Gasteiger partial charge is 0.427 e. The van der Waals surface area contributed by atoms with Crippen LogP contribution < -0.4 is 14.7 Å². The highest BCUT2D eigenvalue weighted by atomic mass is 28.3. The molecule has 0 N–H and O–H groups in total. The SMILES string of the molecule is CC(=O)Oc1ccc(OC(C)=O)c(-c2cccc([Si](C)(C)C)c2)c1. The van der Waals surface area contributed by atoms with Crippen molar-refractivity contribution in [1.29, 1.82) is 0 Å². The molecule has 0 unspecified atom stereocenters. The van der Waals surface area contributed by atoms with Gasteiger partial charge in [-0.05, 0) is 23.8 Å². The van der Waals surface area contributed by atoms with E-state index >= 15 is 0 Å². The van der Waals surface area contributed by atoms with Gasteiger partial charge in [-0.2, -0.15) is 0 Å². The Balaban J connectivity index is 2.56. The van der Waals surface area contributed by atoms with Gasteiger partial charge in [-0.3, -0.25) is 9.59 Å². The lowest BCUT2D eigenvalue weighted by molar-refractivity contribution is -0.133. The number of ether oxygens (including phenoxy) is 2. The molecule has 126 valence electrons. The molecule has 0 aliphatic rings. The van der Waals surface area contributed by atoms with Crippen LogP contribution in [-0.2, 0) is 9.59 Å². The van der Waals surface area contributed by atoms with Crippen LogP contribution in [0.25, 0.3) is 11.1 Å². The van der Waals surface area contributed by atoms with Gasteiger partial charge in [0.25, 0.3) is 0 Å². The molecule has 0 heterocycles. The van der Waals surface area contributed by atoms with Crippen molar-refractivity contribution in [2.24, 2.45) is 0 Å². The highest BCUT2D eigenvalue weighted by molar-refractivity contribution is 6.88. The number of benzene rings is 2. The van der Waals surface area contributed by atoms with Crippen LogP contribution in [-0.4, -0.2) is 20.0 Å². The lowest BCUT2D eigenvalue weighted by Gasteiger charge is -2.18. The van der Waals surface area contributed by atoms with E-state index in [0.29, 0.717) is 11.5 Å². The number of esters is 2. The molecule has 24 heavy (non-hydrogen) atoms. The van der Waals surface area contributed by atoms with Crippen LogP contribution in [0.4, 0.5) is 0 Å². The minimum absolute atomic E-state index is 0.391. The van der Waals surface area contributed by atoms with Crippen LogP contribution in [0.2, 0.25) is 19.6 Å². The molecule has 4 nitrogen and oxygen atoms in total. The number of rotatable bonds is 4. The summed E-state index contributed by atoms with van der Waals surface area (Å²) >= 11 is 0. The fourth-order valence-electron chi connectivity index (χ4n) is 2.36. The van der Waals surface area contributed by atoms with Gasteiger partial charge >= 0.3 is 11.9 Å². The fraction of sp³-hybridized carbons (Fsp3) is 0.263. The molecular formula is C19H22O4Si. The predicted octanol–water partition coefficient (Wildman–Crippen LogP) is 3.75. The number of carbonyl (C=O) groups excluding carboxylic acids is 2. The van der Waals surface area contributed by atoms with Gasteiger partial charge in [-0.15, -0.1) is 0 Å². The van der Waals surface area contributed by atoms with Crippen molar-refractivity contribution in [2.75, 3.05) is 0 Å². The van der Waals surface area contributed by atoms with Gasteiger partial charge in [-0.1, -0.05) is 49.1 Å². The maximum absolute atomic E-state index is 11.4. The van der Waals surface area contributed by atoms with Gasteiger partial charge in [-0.25, -0.2) is 0 Å². The maximum Gasteiger partial charge on any atom is 0.308 e. The Morgan fingerprint density at radius 3 is 2.12 bits per heavy atom. The van der Waals surface area contributed by atoms with Crippen LogP contribution in [0, 0.1) is 0 Å². The first-order chi connectivity index (χ1) is 11.2. The van der Waals surface area contributed by atoms with Crippen molar-refractivity contribution < 1.29 is 19.1 Å². The van der Waals surface area contributed by atoms with Crippen molar-refractivity contribution in [3.05, 3.63) is 42.5 Å². The normalized spacial score (nSPS) is 11.0. The molecule has 5 heteroatoms. The van der Waals surface area contributed by atoms with Gasteiger partial charge in [0.1, 0.15) is 11.5 Å². The van der Waals surface area contributed by atoms with E-state index in [-0.39, 0.29) is 0 Å². The molecule has 0 aliphatic heterocycles. The van der Waals surface area contributed by atoms with Crippen LogP contribution >= 0.6 is 0 Å². The molecule has 0 fully saturated rings. The first-order valence-corrected chi connectivity index (χ1v) is 11.3. The first kappa shape index (κ1) is 17.9. The smallest absolute Gasteiger partial charge is 0.308 e. The van der Waals surface area contributed by atoms with E-state index in [2.05, 4.69) is 31.8 Å². The molecular weight excluding hydrogens is 320 g/mol. The van der Waals surface area contributed by atoms with E-state index in [1.54, 1.807) is 18.2 Å². The molecule has 0 amide bonds. The Bertz CT molecular complexity index is 775. The molecule has 2 aromatic carbocycles. The summed E-state index contributed by atoms with van der Waals surface area (Å²) in [5.74, 6) is 0.0906. The highest BCUT2D eigenvalue weighted by Crippen LogP contribution is 2.33. The molecule has 2 aromatic rings. The maximum atomic E-state index is 11.4. The lowest BCUT2D eigenvalue weighted by atomic mass is 10.0. The summed E-state index contributed by atoms with van der Waals surface area (Å²) in [6.07, 6.45) is 0. The van der Waals surface area contributed by atoms with Gasteiger partial charge in [0, 0.05) is 19.4 Å². The third-order valence-electron chi connectivity index (χ3n) is 3.51. The quantitative estimate of drug-likeness (QED) is 0.482. The zero-order chi connectivity index (χ0) is 17.9. The topological polar surface area (TPSA) is 52.6 Å². The molecule has 0 saturated carbocycles. The second-order valence-corrected chi connectivity index (χ2v) is 11.8. The fourth-order valence-corrected chi connectivity index (χ4v) is 3.55. The molecule has 0 atom stereocenters. The predicted molar refractivity (Wildman–Crippen MR) is 97.5 cm³/mol. The van der Waals surface area contributed by atoms with E-state index in [1.807, 2.05) is 12.1 Å². The van der Waals surface area contributed by atoms with Crippen molar-refractivity contribution in [3.63, 3.8) is 0 Å². The zero-order valence-electron chi connectivity index (χ0n) is 14.7. The molecule has 0 saturated heterocycles. The summed E-state index contributed by atoms with van der Waals surface area (Å²) in [7, 11) is -1.48. The summed E-state index contributed by atoms with van der Waals surface area (Å²) in [5, 5.41) is 1.30. The molecule has 2 rings (SSSR count). The van der Waals surface area contributed by atoms with Gasteiger partial charge in [0.2, 0.25) is 0 Å². The Labute approximate surface area is 143 Å². The Hall–Kier alpha value is -2.40. The Kier molecular flexibility index (Phi) is 5.24. The molecule has 0 aromatic heterocycles. The number of hydrogen-bond acceptors (Lipinski definition) is 4. The summed E-state index contributed by atoms with van der Waals surface area (Å²) in [6.45, 7) is 9.53. The van der Waals surface area contributed by atoms with Gasteiger partial charge < -0.3 is 9.47 Å². The van der Waals surface area contributed by atoms with Crippen LogP contribution in [0.15, 0.2) is 42.5 Å². The molecule has 0 bridgehead atoms. The third-order valence-corrected chi connectivity index (χ3v) is 5.55. The van der Waals surface area contributed by atoms with Crippen LogP contribution in [0.1, 0.15) is 13.8 Å². The van der Waals surface area contributed by atoms with E-state index in [9.17, 15) is 9.59 Å².